The van der Waals surface area contributed by atoms with Crippen molar-refractivity contribution < 1.29 is 14.7 Å². The predicted molar refractivity (Wildman–Crippen MR) is 69.1 cm³/mol. The van der Waals surface area contributed by atoms with E-state index in [4.69, 9.17) is 5.11 Å². The molecule has 18 heavy (non-hydrogen) atoms. The molecule has 0 spiro atoms. The van der Waals surface area contributed by atoms with Gasteiger partial charge in [-0.05, 0) is 39.2 Å². The summed E-state index contributed by atoms with van der Waals surface area (Å²) in [5, 5.41) is 11.5. The lowest BCUT2D eigenvalue weighted by molar-refractivity contribution is -0.137. The molecule has 102 valence electrons. The molecule has 0 atom stereocenters. The number of allylic oxidation sites excluding steroid dienone is 2. The molecule has 0 saturated heterocycles. The Kier molecular flexibility index (Phi) is 6.43. The van der Waals surface area contributed by atoms with Crippen LogP contribution in [0.15, 0.2) is 11.8 Å². The van der Waals surface area contributed by atoms with Gasteiger partial charge in [0.05, 0.1) is 6.54 Å². The Morgan fingerprint density at radius 2 is 2.28 bits per heavy atom. The Morgan fingerprint density at radius 3 is 2.83 bits per heavy atom. The van der Waals surface area contributed by atoms with E-state index in [-0.39, 0.29) is 18.9 Å². The predicted octanol–water partition coefficient (Wildman–Crippen LogP) is 1.36. The number of carboxylic acids is 1. The summed E-state index contributed by atoms with van der Waals surface area (Å²) < 4.78 is 0. The van der Waals surface area contributed by atoms with Gasteiger partial charge in [-0.1, -0.05) is 6.08 Å². The van der Waals surface area contributed by atoms with E-state index >= 15 is 0 Å². The van der Waals surface area contributed by atoms with E-state index in [1.54, 1.807) is 0 Å². The van der Waals surface area contributed by atoms with Crippen molar-refractivity contribution in [2.45, 2.75) is 39.0 Å². The second-order valence-corrected chi connectivity index (χ2v) is 4.40. The van der Waals surface area contributed by atoms with Crippen LogP contribution in [-0.2, 0) is 9.59 Å². The highest BCUT2D eigenvalue weighted by molar-refractivity contribution is 5.80. The lowest BCUT2D eigenvalue weighted by Gasteiger charge is -2.22. The molecule has 0 fully saturated rings. The van der Waals surface area contributed by atoms with Gasteiger partial charge in [0, 0.05) is 18.7 Å². The fourth-order valence-electron chi connectivity index (χ4n) is 2.09. The summed E-state index contributed by atoms with van der Waals surface area (Å²) in [4.78, 5) is 24.1. The molecule has 0 saturated carbocycles. The summed E-state index contributed by atoms with van der Waals surface area (Å²) in [6.07, 6.45) is 6.00. The molecule has 0 radical (unpaired) electrons. The van der Waals surface area contributed by atoms with Crippen LogP contribution in [0.3, 0.4) is 0 Å². The third-order valence-corrected chi connectivity index (χ3v) is 3.00. The van der Waals surface area contributed by atoms with Crippen molar-refractivity contribution in [2.24, 2.45) is 0 Å². The van der Waals surface area contributed by atoms with Crippen molar-refractivity contribution in [3.63, 3.8) is 0 Å². The molecule has 0 unspecified atom stereocenters. The number of rotatable bonds is 8. The van der Waals surface area contributed by atoms with Crippen molar-refractivity contribution in [1.82, 2.24) is 10.2 Å². The molecular formula is C13H22N2O3. The monoisotopic (exact) mass is 254 g/mol. The van der Waals surface area contributed by atoms with E-state index < -0.39 is 5.97 Å². The molecule has 0 bridgehead atoms. The molecule has 0 aromatic carbocycles. The van der Waals surface area contributed by atoms with Crippen molar-refractivity contribution in [3.05, 3.63) is 11.8 Å². The van der Waals surface area contributed by atoms with Crippen molar-refractivity contribution in [3.8, 4) is 0 Å². The molecule has 1 aliphatic rings. The second kappa shape index (κ2) is 7.87. The van der Waals surface area contributed by atoms with Gasteiger partial charge in [-0.2, -0.15) is 0 Å². The number of hydrogen-bond acceptors (Lipinski definition) is 3. The van der Waals surface area contributed by atoms with Crippen molar-refractivity contribution >= 4 is 11.9 Å². The summed E-state index contributed by atoms with van der Waals surface area (Å²) >= 11 is 0. The van der Waals surface area contributed by atoms with Crippen LogP contribution in [0.25, 0.3) is 0 Å². The lowest BCUT2D eigenvalue weighted by atomic mass is 10.3. The molecule has 2 N–H and O–H groups in total. The quantitative estimate of drug-likeness (QED) is 0.642. The highest BCUT2D eigenvalue weighted by atomic mass is 16.4. The Morgan fingerprint density at radius 1 is 1.50 bits per heavy atom. The Balaban J connectivity index is 2.23. The van der Waals surface area contributed by atoms with Crippen molar-refractivity contribution in [1.29, 1.82) is 0 Å². The summed E-state index contributed by atoms with van der Waals surface area (Å²) in [6, 6.07) is 0. The minimum absolute atomic E-state index is 0.0703. The topological polar surface area (TPSA) is 69.6 Å². The zero-order valence-electron chi connectivity index (χ0n) is 10.9. The van der Waals surface area contributed by atoms with Gasteiger partial charge < -0.3 is 15.3 Å². The van der Waals surface area contributed by atoms with E-state index in [1.807, 2.05) is 11.8 Å². The molecule has 5 heteroatoms. The summed E-state index contributed by atoms with van der Waals surface area (Å²) in [5.41, 5.74) is 1.13. The van der Waals surface area contributed by atoms with E-state index in [0.717, 1.165) is 25.0 Å². The first-order chi connectivity index (χ1) is 8.65. The van der Waals surface area contributed by atoms with E-state index in [9.17, 15) is 9.59 Å². The molecular weight excluding hydrogens is 232 g/mol. The maximum Gasteiger partial charge on any atom is 0.303 e. The average Bonchev–Trinajstić information content (AvgIpc) is 2.83. The van der Waals surface area contributed by atoms with E-state index in [1.165, 1.54) is 0 Å². The van der Waals surface area contributed by atoms with Gasteiger partial charge in [-0.25, -0.2) is 0 Å². The summed E-state index contributed by atoms with van der Waals surface area (Å²) in [6.45, 7) is 3.52. The Bertz CT molecular complexity index is 326. The van der Waals surface area contributed by atoms with Gasteiger partial charge in [-0.3, -0.25) is 9.59 Å². The normalized spacial score (nSPS) is 14.4. The molecule has 1 aliphatic carbocycles. The van der Waals surface area contributed by atoms with Crippen molar-refractivity contribution in [2.75, 3.05) is 19.6 Å². The van der Waals surface area contributed by atoms with Gasteiger partial charge >= 0.3 is 5.97 Å². The van der Waals surface area contributed by atoms with Gasteiger partial charge in [0.2, 0.25) is 5.91 Å². The fourth-order valence-corrected chi connectivity index (χ4v) is 2.09. The van der Waals surface area contributed by atoms with E-state index in [2.05, 4.69) is 11.4 Å². The number of carbonyl (C=O) groups is 2. The first kappa shape index (κ1) is 14.7. The number of nitrogens with zero attached hydrogens (tertiary/aromatic N) is 1. The highest BCUT2D eigenvalue weighted by Crippen LogP contribution is 2.21. The summed E-state index contributed by atoms with van der Waals surface area (Å²) in [7, 11) is 0. The molecule has 5 nitrogen and oxygen atoms in total. The van der Waals surface area contributed by atoms with Crippen LogP contribution in [0, 0.1) is 0 Å². The lowest BCUT2D eigenvalue weighted by Crippen LogP contribution is -2.37. The smallest absolute Gasteiger partial charge is 0.303 e. The van der Waals surface area contributed by atoms with Gasteiger partial charge in [0.15, 0.2) is 0 Å². The number of nitrogens with one attached hydrogen (secondary N) is 1. The number of likely N-dealkylation sites (N-methyl/N-ethyl adjacent to an activating group) is 1. The standard InChI is InChI=1S/C13H22N2O3/c1-2-15(11-6-3-4-7-11)12(16)10-14-9-5-8-13(17)18/h6,14H,2-5,7-10H2,1H3,(H,17,18). The molecule has 0 aromatic rings. The first-order valence-electron chi connectivity index (χ1n) is 6.57. The number of amides is 1. The van der Waals surface area contributed by atoms with Gasteiger partial charge in [-0.15, -0.1) is 0 Å². The maximum absolute atomic E-state index is 12.0. The van der Waals surface area contributed by atoms with E-state index in [0.29, 0.717) is 19.5 Å². The molecule has 0 aliphatic heterocycles. The SMILES string of the molecule is CCN(C(=O)CNCCCC(=O)O)C1=CCCC1. The largest absolute Gasteiger partial charge is 0.481 e. The average molecular weight is 254 g/mol. The Labute approximate surface area is 108 Å². The number of carbonyl (C=O) groups excluding carboxylic acids is 1. The fraction of sp³-hybridized carbons (Fsp3) is 0.692. The van der Waals surface area contributed by atoms with Gasteiger partial charge in [0.25, 0.3) is 0 Å². The third-order valence-electron chi connectivity index (χ3n) is 3.00. The van der Waals surface area contributed by atoms with Crippen LogP contribution in [0.2, 0.25) is 0 Å². The first-order valence-corrected chi connectivity index (χ1v) is 6.57. The highest BCUT2D eigenvalue weighted by Gasteiger charge is 2.17. The van der Waals surface area contributed by atoms with Crippen LogP contribution in [0.4, 0.5) is 0 Å². The maximum atomic E-state index is 12.0. The zero-order chi connectivity index (χ0) is 13.4. The third kappa shape index (κ3) is 4.87. The summed E-state index contributed by atoms with van der Waals surface area (Å²) in [5.74, 6) is -0.726. The minimum Gasteiger partial charge on any atom is -0.481 e. The number of hydrogen-bond donors (Lipinski definition) is 2. The number of carboxylic acid groups (broad SMARTS) is 1. The van der Waals surface area contributed by atoms with Crippen LogP contribution >= 0.6 is 0 Å². The molecule has 0 heterocycles. The Hall–Kier alpha value is -1.36. The molecule has 0 aromatic heterocycles. The van der Waals surface area contributed by atoms with Gasteiger partial charge in [0.1, 0.15) is 0 Å². The van der Waals surface area contributed by atoms with Crippen LogP contribution < -0.4 is 5.32 Å². The molecule has 1 rings (SSSR count). The van der Waals surface area contributed by atoms with Crippen LogP contribution in [-0.4, -0.2) is 41.5 Å². The van der Waals surface area contributed by atoms with Crippen LogP contribution in [0.1, 0.15) is 39.0 Å². The number of aliphatic carboxylic acids is 1. The molecule has 1 amide bonds. The zero-order valence-corrected chi connectivity index (χ0v) is 10.9. The minimum atomic E-state index is -0.797. The van der Waals surface area contributed by atoms with Crippen LogP contribution in [0.5, 0.6) is 0 Å². The second-order valence-electron chi connectivity index (χ2n) is 4.40.